The molecule has 6 heteroatoms. The SMILES string of the molecule is Cc1noc(C)c1CC(=O)N[C@H]1CC(=O)N(CC2CCCCC2)C1. The Labute approximate surface area is 142 Å². The Morgan fingerprint density at radius 2 is 2.04 bits per heavy atom. The van der Waals surface area contributed by atoms with E-state index in [1.54, 1.807) is 0 Å². The highest BCUT2D eigenvalue weighted by Gasteiger charge is 2.32. The van der Waals surface area contributed by atoms with Gasteiger partial charge in [-0.15, -0.1) is 0 Å². The molecule has 1 aliphatic carbocycles. The molecule has 2 heterocycles. The van der Waals surface area contributed by atoms with Crippen molar-refractivity contribution in [2.45, 2.75) is 64.8 Å². The van der Waals surface area contributed by atoms with E-state index >= 15 is 0 Å². The van der Waals surface area contributed by atoms with E-state index in [9.17, 15) is 9.59 Å². The van der Waals surface area contributed by atoms with E-state index in [1.165, 1.54) is 32.1 Å². The summed E-state index contributed by atoms with van der Waals surface area (Å²) in [5, 5.41) is 6.87. The van der Waals surface area contributed by atoms with E-state index in [4.69, 9.17) is 4.52 Å². The molecule has 1 aliphatic heterocycles. The van der Waals surface area contributed by atoms with Crippen molar-refractivity contribution in [2.24, 2.45) is 5.92 Å². The average Bonchev–Trinajstić information content (AvgIpc) is 3.05. The number of amides is 2. The molecule has 132 valence electrons. The Hall–Kier alpha value is -1.85. The van der Waals surface area contributed by atoms with Gasteiger partial charge in [-0.1, -0.05) is 24.4 Å². The van der Waals surface area contributed by atoms with Crippen molar-refractivity contribution in [3.8, 4) is 0 Å². The number of likely N-dealkylation sites (tertiary alicyclic amines) is 1. The molecule has 0 radical (unpaired) electrons. The Balaban J connectivity index is 1.49. The van der Waals surface area contributed by atoms with Gasteiger partial charge < -0.3 is 14.7 Å². The molecule has 1 saturated heterocycles. The van der Waals surface area contributed by atoms with Crippen LogP contribution in [0.3, 0.4) is 0 Å². The van der Waals surface area contributed by atoms with Gasteiger partial charge in [-0.2, -0.15) is 0 Å². The summed E-state index contributed by atoms with van der Waals surface area (Å²) >= 11 is 0. The van der Waals surface area contributed by atoms with E-state index in [-0.39, 0.29) is 24.3 Å². The van der Waals surface area contributed by atoms with Gasteiger partial charge in [0.1, 0.15) is 5.76 Å². The van der Waals surface area contributed by atoms with Crippen LogP contribution in [0.5, 0.6) is 0 Å². The summed E-state index contributed by atoms with van der Waals surface area (Å²) in [6, 6.07) is -0.0749. The molecule has 1 aromatic heterocycles. The fraction of sp³-hybridized carbons (Fsp3) is 0.722. The highest BCUT2D eigenvalue weighted by molar-refractivity contribution is 5.83. The van der Waals surface area contributed by atoms with E-state index in [2.05, 4.69) is 10.5 Å². The van der Waals surface area contributed by atoms with Gasteiger partial charge in [0, 0.05) is 25.1 Å². The summed E-state index contributed by atoms with van der Waals surface area (Å²) in [5.74, 6) is 1.42. The molecule has 6 nitrogen and oxygen atoms in total. The van der Waals surface area contributed by atoms with Crippen LogP contribution in [0.2, 0.25) is 0 Å². The topological polar surface area (TPSA) is 75.4 Å². The second-order valence-electron chi connectivity index (χ2n) is 7.25. The molecular formula is C18H27N3O3. The highest BCUT2D eigenvalue weighted by Crippen LogP contribution is 2.26. The molecule has 0 unspecified atom stereocenters. The lowest BCUT2D eigenvalue weighted by Crippen LogP contribution is -2.39. The van der Waals surface area contributed by atoms with Crippen LogP contribution in [0.15, 0.2) is 4.52 Å². The van der Waals surface area contributed by atoms with Gasteiger partial charge in [0.25, 0.3) is 0 Å². The number of rotatable bonds is 5. The maximum absolute atomic E-state index is 12.3. The molecule has 1 aromatic rings. The Morgan fingerprint density at radius 1 is 1.29 bits per heavy atom. The molecule has 1 saturated carbocycles. The zero-order chi connectivity index (χ0) is 17.1. The van der Waals surface area contributed by atoms with E-state index in [0.29, 0.717) is 24.6 Å². The van der Waals surface area contributed by atoms with Crippen molar-refractivity contribution in [2.75, 3.05) is 13.1 Å². The molecule has 0 aromatic carbocycles. The number of aryl methyl sites for hydroxylation is 2. The van der Waals surface area contributed by atoms with Crippen LogP contribution in [0.1, 0.15) is 55.5 Å². The Morgan fingerprint density at radius 3 is 2.71 bits per heavy atom. The van der Waals surface area contributed by atoms with Crippen molar-refractivity contribution in [1.82, 2.24) is 15.4 Å². The number of hydrogen-bond acceptors (Lipinski definition) is 4. The van der Waals surface area contributed by atoms with E-state index in [1.807, 2.05) is 18.7 Å². The van der Waals surface area contributed by atoms with Gasteiger partial charge in [0.2, 0.25) is 11.8 Å². The lowest BCUT2D eigenvalue weighted by Gasteiger charge is -2.27. The number of aromatic nitrogens is 1. The molecule has 1 atom stereocenters. The third-order valence-corrected chi connectivity index (χ3v) is 5.30. The lowest BCUT2D eigenvalue weighted by molar-refractivity contribution is -0.128. The van der Waals surface area contributed by atoms with Gasteiger partial charge >= 0.3 is 0 Å². The number of carbonyl (C=O) groups is 2. The summed E-state index contributed by atoms with van der Waals surface area (Å²) < 4.78 is 5.09. The van der Waals surface area contributed by atoms with E-state index in [0.717, 1.165) is 17.8 Å². The predicted octanol–water partition coefficient (Wildman–Crippen LogP) is 2.13. The molecule has 24 heavy (non-hydrogen) atoms. The van der Waals surface area contributed by atoms with Crippen molar-refractivity contribution < 1.29 is 14.1 Å². The summed E-state index contributed by atoms with van der Waals surface area (Å²) in [5.41, 5.74) is 1.60. The molecule has 1 N–H and O–H groups in total. The normalized spacial score (nSPS) is 22.2. The summed E-state index contributed by atoms with van der Waals surface area (Å²) in [6.07, 6.45) is 7.02. The second kappa shape index (κ2) is 7.36. The second-order valence-corrected chi connectivity index (χ2v) is 7.25. The third-order valence-electron chi connectivity index (χ3n) is 5.30. The first-order valence-corrected chi connectivity index (χ1v) is 9.02. The van der Waals surface area contributed by atoms with Gasteiger partial charge in [0.05, 0.1) is 18.2 Å². The number of nitrogens with zero attached hydrogens (tertiary/aromatic N) is 2. The lowest BCUT2D eigenvalue weighted by atomic mass is 9.89. The molecule has 0 spiro atoms. The maximum Gasteiger partial charge on any atom is 0.224 e. The maximum atomic E-state index is 12.3. The smallest absolute Gasteiger partial charge is 0.224 e. The molecule has 0 bridgehead atoms. The van der Waals surface area contributed by atoms with Crippen molar-refractivity contribution in [3.63, 3.8) is 0 Å². The van der Waals surface area contributed by atoms with Crippen LogP contribution >= 0.6 is 0 Å². The van der Waals surface area contributed by atoms with Crippen LogP contribution < -0.4 is 5.32 Å². The fourth-order valence-electron chi connectivity index (χ4n) is 3.92. The summed E-state index contributed by atoms with van der Waals surface area (Å²) in [6.45, 7) is 5.15. The first-order valence-electron chi connectivity index (χ1n) is 9.02. The number of hydrogen-bond donors (Lipinski definition) is 1. The van der Waals surface area contributed by atoms with Gasteiger partial charge in [0.15, 0.2) is 0 Å². The van der Waals surface area contributed by atoms with Crippen molar-refractivity contribution >= 4 is 11.8 Å². The van der Waals surface area contributed by atoms with Crippen molar-refractivity contribution in [3.05, 3.63) is 17.0 Å². The zero-order valence-corrected chi connectivity index (χ0v) is 14.6. The first-order chi connectivity index (χ1) is 11.5. The van der Waals surface area contributed by atoms with Crippen LogP contribution in [-0.4, -0.2) is 41.0 Å². The van der Waals surface area contributed by atoms with E-state index < -0.39 is 0 Å². The molecule has 2 amide bonds. The standard InChI is InChI=1S/C18H27N3O3/c1-12-16(13(2)24-20-12)9-17(22)19-15-8-18(23)21(11-15)10-14-6-4-3-5-7-14/h14-15H,3-11H2,1-2H3,(H,19,22)/t15-/m0/s1. The molecular weight excluding hydrogens is 306 g/mol. The predicted molar refractivity (Wildman–Crippen MR) is 89.4 cm³/mol. The minimum Gasteiger partial charge on any atom is -0.361 e. The van der Waals surface area contributed by atoms with Crippen molar-refractivity contribution in [1.29, 1.82) is 0 Å². The summed E-state index contributed by atoms with van der Waals surface area (Å²) in [4.78, 5) is 26.4. The number of nitrogens with one attached hydrogen (secondary N) is 1. The monoisotopic (exact) mass is 333 g/mol. The highest BCUT2D eigenvalue weighted by atomic mass is 16.5. The van der Waals surface area contributed by atoms with Gasteiger partial charge in [-0.3, -0.25) is 9.59 Å². The molecule has 2 fully saturated rings. The quantitative estimate of drug-likeness (QED) is 0.896. The Kier molecular flexibility index (Phi) is 5.21. The first kappa shape index (κ1) is 17.0. The van der Waals surface area contributed by atoms with Gasteiger partial charge in [-0.05, 0) is 32.6 Å². The average molecular weight is 333 g/mol. The third kappa shape index (κ3) is 3.97. The Bertz CT molecular complexity index is 585. The molecule has 2 aliphatic rings. The largest absolute Gasteiger partial charge is 0.361 e. The van der Waals surface area contributed by atoms with Gasteiger partial charge in [-0.25, -0.2) is 0 Å². The van der Waals surface area contributed by atoms with Crippen LogP contribution in [0.25, 0.3) is 0 Å². The molecule has 3 rings (SSSR count). The number of carbonyl (C=O) groups excluding carboxylic acids is 2. The van der Waals surface area contributed by atoms with Crippen LogP contribution in [0, 0.1) is 19.8 Å². The summed E-state index contributed by atoms with van der Waals surface area (Å²) in [7, 11) is 0. The minimum absolute atomic E-state index is 0.0679. The minimum atomic E-state index is -0.0749. The fourth-order valence-corrected chi connectivity index (χ4v) is 3.92. The van der Waals surface area contributed by atoms with Crippen LogP contribution in [0.4, 0.5) is 0 Å². The zero-order valence-electron chi connectivity index (χ0n) is 14.6. The van der Waals surface area contributed by atoms with Crippen LogP contribution in [-0.2, 0) is 16.0 Å².